The van der Waals surface area contributed by atoms with E-state index in [0.29, 0.717) is 26.3 Å². The number of carbonyl (C=O) groups is 1. The Morgan fingerprint density at radius 1 is 1.28 bits per heavy atom. The lowest BCUT2D eigenvalue weighted by atomic mass is 9.82. The number of nitrogens with zero attached hydrogens (tertiary/aromatic N) is 1. The van der Waals surface area contributed by atoms with Gasteiger partial charge in [0.05, 0.1) is 32.9 Å². The fraction of sp³-hybridized carbons (Fsp3) is 0.632. The molecule has 0 saturated carbocycles. The molecule has 1 atom stereocenters. The highest BCUT2D eigenvalue weighted by Gasteiger charge is 2.45. The van der Waals surface area contributed by atoms with Crippen molar-refractivity contribution < 1.29 is 19.0 Å². The first-order chi connectivity index (χ1) is 11.8. The zero-order valence-corrected chi connectivity index (χ0v) is 15.5. The standard InChI is InChI=1S/C19H28N2O4/c1-18(2,3)16(14-7-5-6-8-15(14)23-4)20-17(22)21-10-9-19(13-21)24-11-12-25-19/h5-8,16H,9-13H2,1-4H3,(H,20,22)/t16-/m0/s1. The molecule has 2 heterocycles. The number of nitrogens with one attached hydrogen (secondary N) is 1. The van der Waals surface area contributed by atoms with Gasteiger partial charge in [0.15, 0.2) is 5.79 Å². The molecule has 2 fully saturated rings. The summed E-state index contributed by atoms with van der Waals surface area (Å²) in [5, 5.41) is 3.19. The monoisotopic (exact) mass is 348 g/mol. The maximum atomic E-state index is 12.9. The van der Waals surface area contributed by atoms with Crippen LogP contribution in [0.2, 0.25) is 0 Å². The van der Waals surface area contributed by atoms with Crippen molar-refractivity contribution in [3.63, 3.8) is 0 Å². The molecule has 0 aromatic heterocycles. The third-order valence-electron chi connectivity index (χ3n) is 4.88. The van der Waals surface area contributed by atoms with Crippen LogP contribution in [0.5, 0.6) is 5.75 Å². The fourth-order valence-electron chi connectivity index (χ4n) is 3.54. The van der Waals surface area contributed by atoms with Crippen molar-refractivity contribution in [1.82, 2.24) is 10.2 Å². The van der Waals surface area contributed by atoms with Crippen LogP contribution < -0.4 is 10.1 Å². The molecule has 2 amide bonds. The molecule has 0 unspecified atom stereocenters. The van der Waals surface area contributed by atoms with Crippen LogP contribution in [-0.2, 0) is 9.47 Å². The number of carbonyl (C=O) groups excluding carboxylic acids is 1. The number of amides is 2. The summed E-state index contributed by atoms with van der Waals surface area (Å²) in [5.41, 5.74) is 0.815. The third-order valence-corrected chi connectivity index (χ3v) is 4.88. The molecule has 6 nitrogen and oxygen atoms in total. The van der Waals surface area contributed by atoms with E-state index in [1.165, 1.54) is 0 Å². The molecule has 1 aromatic carbocycles. The highest BCUT2D eigenvalue weighted by Crippen LogP contribution is 2.38. The molecule has 6 heteroatoms. The maximum Gasteiger partial charge on any atom is 0.318 e. The van der Waals surface area contributed by atoms with Crippen molar-refractivity contribution in [2.45, 2.75) is 39.0 Å². The van der Waals surface area contributed by atoms with E-state index < -0.39 is 5.79 Å². The molecule has 1 spiro atoms. The Morgan fingerprint density at radius 3 is 2.60 bits per heavy atom. The second-order valence-electron chi connectivity index (χ2n) is 7.77. The minimum absolute atomic E-state index is 0.0955. The van der Waals surface area contributed by atoms with E-state index in [2.05, 4.69) is 26.1 Å². The van der Waals surface area contributed by atoms with Gasteiger partial charge in [-0.1, -0.05) is 39.0 Å². The van der Waals surface area contributed by atoms with Gasteiger partial charge in [0, 0.05) is 18.5 Å². The fourth-order valence-corrected chi connectivity index (χ4v) is 3.54. The number of ether oxygens (including phenoxy) is 3. The summed E-state index contributed by atoms with van der Waals surface area (Å²) in [4.78, 5) is 14.7. The second kappa shape index (κ2) is 6.84. The largest absolute Gasteiger partial charge is 0.496 e. The van der Waals surface area contributed by atoms with Crippen LogP contribution in [-0.4, -0.2) is 50.1 Å². The Balaban J connectivity index is 1.76. The SMILES string of the molecule is COc1ccccc1[C@H](NC(=O)N1CCC2(C1)OCCO2)C(C)(C)C. The number of methoxy groups -OCH3 is 1. The Hall–Kier alpha value is -1.79. The highest BCUT2D eigenvalue weighted by molar-refractivity contribution is 5.75. The lowest BCUT2D eigenvalue weighted by Gasteiger charge is -2.34. The minimum Gasteiger partial charge on any atom is -0.496 e. The molecular weight excluding hydrogens is 320 g/mol. The molecule has 0 aliphatic carbocycles. The summed E-state index contributed by atoms with van der Waals surface area (Å²) in [7, 11) is 1.65. The third kappa shape index (κ3) is 3.75. The van der Waals surface area contributed by atoms with Crippen LogP contribution in [0.25, 0.3) is 0 Å². The number of urea groups is 1. The maximum absolute atomic E-state index is 12.9. The van der Waals surface area contributed by atoms with Crippen molar-refractivity contribution in [2.24, 2.45) is 5.41 Å². The molecule has 0 bridgehead atoms. The van der Waals surface area contributed by atoms with Gasteiger partial charge < -0.3 is 24.4 Å². The number of hydrogen-bond acceptors (Lipinski definition) is 4. The number of benzene rings is 1. The van der Waals surface area contributed by atoms with Gasteiger partial charge in [-0.05, 0) is 11.5 Å². The smallest absolute Gasteiger partial charge is 0.318 e. The van der Waals surface area contributed by atoms with Crippen molar-refractivity contribution in [3.05, 3.63) is 29.8 Å². The van der Waals surface area contributed by atoms with E-state index in [0.717, 1.165) is 17.7 Å². The van der Waals surface area contributed by atoms with Crippen LogP contribution in [0.3, 0.4) is 0 Å². The summed E-state index contributed by atoms with van der Waals surface area (Å²) in [6, 6.07) is 7.56. The predicted octanol–water partition coefficient (Wildman–Crippen LogP) is 2.94. The molecule has 3 rings (SSSR count). The Kier molecular flexibility index (Phi) is 4.93. The second-order valence-corrected chi connectivity index (χ2v) is 7.77. The molecule has 0 radical (unpaired) electrons. The number of rotatable bonds is 3. The number of likely N-dealkylation sites (tertiary alicyclic amines) is 1. The van der Waals surface area contributed by atoms with Gasteiger partial charge in [0.25, 0.3) is 0 Å². The zero-order valence-electron chi connectivity index (χ0n) is 15.5. The average Bonchev–Trinajstić information content (AvgIpc) is 3.22. The summed E-state index contributed by atoms with van der Waals surface area (Å²) < 4.78 is 16.9. The molecular formula is C19H28N2O4. The van der Waals surface area contributed by atoms with Crippen molar-refractivity contribution in [3.8, 4) is 5.75 Å². The molecule has 1 aromatic rings. The topological polar surface area (TPSA) is 60.0 Å². The molecule has 2 saturated heterocycles. The lowest BCUT2D eigenvalue weighted by Crippen LogP contribution is -2.46. The number of para-hydroxylation sites is 1. The predicted molar refractivity (Wildman–Crippen MR) is 94.5 cm³/mol. The van der Waals surface area contributed by atoms with Crippen molar-refractivity contribution in [1.29, 1.82) is 0 Å². The summed E-state index contributed by atoms with van der Waals surface area (Å²) in [6.45, 7) is 8.63. The van der Waals surface area contributed by atoms with Crippen LogP contribution in [0, 0.1) is 5.41 Å². The summed E-state index contributed by atoms with van der Waals surface area (Å²) in [5.74, 6) is 0.182. The van der Waals surface area contributed by atoms with E-state index in [4.69, 9.17) is 14.2 Å². The van der Waals surface area contributed by atoms with E-state index in [1.54, 1.807) is 12.0 Å². The Morgan fingerprint density at radius 2 is 1.96 bits per heavy atom. The minimum atomic E-state index is -0.598. The summed E-state index contributed by atoms with van der Waals surface area (Å²) >= 11 is 0. The van der Waals surface area contributed by atoms with E-state index in [-0.39, 0.29) is 17.5 Å². The average molecular weight is 348 g/mol. The van der Waals surface area contributed by atoms with E-state index in [1.807, 2.05) is 24.3 Å². The van der Waals surface area contributed by atoms with Gasteiger partial charge in [-0.3, -0.25) is 0 Å². The Bertz CT molecular complexity index is 620. The van der Waals surface area contributed by atoms with Crippen molar-refractivity contribution >= 4 is 6.03 Å². The van der Waals surface area contributed by atoms with Gasteiger partial charge >= 0.3 is 6.03 Å². The summed E-state index contributed by atoms with van der Waals surface area (Å²) in [6.07, 6.45) is 0.718. The van der Waals surface area contributed by atoms with E-state index in [9.17, 15) is 4.79 Å². The number of hydrogen-bond donors (Lipinski definition) is 1. The van der Waals surface area contributed by atoms with Gasteiger partial charge in [-0.25, -0.2) is 4.79 Å². The highest BCUT2D eigenvalue weighted by atomic mass is 16.7. The Labute approximate surface area is 149 Å². The van der Waals surface area contributed by atoms with Crippen LogP contribution in [0.1, 0.15) is 38.8 Å². The first kappa shape index (κ1) is 18.0. The van der Waals surface area contributed by atoms with Gasteiger partial charge in [0.2, 0.25) is 0 Å². The van der Waals surface area contributed by atoms with Gasteiger partial charge in [-0.15, -0.1) is 0 Å². The first-order valence-electron chi connectivity index (χ1n) is 8.81. The van der Waals surface area contributed by atoms with Crippen LogP contribution in [0.15, 0.2) is 24.3 Å². The quantitative estimate of drug-likeness (QED) is 0.912. The van der Waals surface area contributed by atoms with Gasteiger partial charge in [-0.2, -0.15) is 0 Å². The normalized spacial score (nSPS) is 20.7. The van der Waals surface area contributed by atoms with E-state index >= 15 is 0 Å². The molecule has 1 N–H and O–H groups in total. The first-order valence-corrected chi connectivity index (χ1v) is 8.81. The zero-order chi connectivity index (χ0) is 18.1. The van der Waals surface area contributed by atoms with Crippen LogP contribution >= 0.6 is 0 Å². The lowest BCUT2D eigenvalue weighted by molar-refractivity contribution is -0.143. The van der Waals surface area contributed by atoms with Crippen LogP contribution in [0.4, 0.5) is 4.79 Å². The molecule has 138 valence electrons. The van der Waals surface area contributed by atoms with Gasteiger partial charge in [0.1, 0.15) is 5.75 Å². The molecule has 25 heavy (non-hydrogen) atoms. The molecule has 2 aliphatic rings. The van der Waals surface area contributed by atoms with Crippen molar-refractivity contribution in [2.75, 3.05) is 33.4 Å². The molecule has 2 aliphatic heterocycles.